The lowest BCUT2D eigenvalue weighted by Gasteiger charge is -2.35. The van der Waals surface area contributed by atoms with Crippen LogP contribution in [0.25, 0.3) is 0 Å². The lowest BCUT2D eigenvalue weighted by Crippen LogP contribution is -2.37. The lowest BCUT2D eigenvalue weighted by atomic mass is 9.92. The summed E-state index contributed by atoms with van der Waals surface area (Å²) in [6.07, 6.45) is 3.91. The van der Waals surface area contributed by atoms with Gasteiger partial charge in [0.05, 0.1) is 30.4 Å². The third kappa shape index (κ3) is 3.22. The molecule has 0 bridgehead atoms. The molecule has 0 atom stereocenters. The Morgan fingerprint density at radius 3 is 2.60 bits per heavy atom. The monoisotopic (exact) mass is 344 g/mol. The number of hydrogen-bond acceptors (Lipinski definition) is 3. The number of hydrogen-bond donors (Lipinski definition) is 0. The van der Waals surface area contributed by atoms with E-state index in [4.69, 9.17) is 14.2 Å². The van der Waals surface area contributed by atoms with Crippen LogP contribution < -0.4 is 0 Å². The second-order valence-corrected chi connectivity index (χ2v) is 6.22. The van der Waals surface area contributed by atoms with Crippen molar-refractivity contribution in [2.24, 2.45) is 0 Å². The molecule has 0 amide bonds. The average Bonchev–Trinajstić information content (AvgIpc) is 2.90. The van der Waals surface area contributed by atoms with Gasteiger partial charge in [0.1, 0.15) is 5.82 Å². The predicted molar refractivity (Wildman–Crippen MR) is 75.8 cm³/mol. The smallest absolute Gasteiger partial charge is 0.168 e. The van der Waals surface area contributed by atoms with Crippen molar-refractivity contribution in [3.05, 3.63) is 34.1 Å². The van der Waals surface area contributed by atoms with Crippen molar-refractivity contribution in [3.8, 4) is 0 Å². The summed E-state index contributed by atoms with van der Waals surface area (Å²) in [7, 11) is 0. The second-order valence-electron chi connectivity index (χ2n) is 5.37. The molecule has 1 heterocycles. The molecule has 1 saturated carbocycles. The largest absolute Gasteiger partial charge is 0.374 e. The summed E-state index contributed by atoms with van der Waals surface area (Å²) < 4.78 is 30.9. The molecule has 1 aromatic rings. The minimum atomic E-state index is -0.335. The summed E-state index contributed by atoms with van der Waals surface area (Å²) in [5.74, 6) is -0.581. The molecule has 2 fully saturated rings. The van der Waals surface area contributed by atoms with Gasteiger partial charge in [-0.3, -0.25) is 0 Å². The maximum Gasteiger partial charge on any atom is 0.168 e. The normalized spacial score (nSPS) is 22.5. The first-order valence-electron chi connectivity index (χ1n) is 7.00. The number of benzene rings is 1. The molecule has 0 radical (unpaired) electrons. The van der Waals surface area contributed by atoms with Crippen LogP contribution in [-0.2, 0) is 20.8 Å². The van der Waals surface area contributed by atoms with Crippen molar-refractivity contribution in [3.63, 3.8) is 0 Å². The van der Waals surface area contributed by atoms with E-state index >= 15 is 0 Å². The van der Waals surface area contributed by atoms with E-state index < -0.39 is 0 Å². The zero-order valence-corrected chi connectivity index (χ0v) is 12.8. The van der Waals surface area contributed by atoms with Crippen LogP contribution in [0.5, 0.6) is 0 Å². The Hall–Kier alpha value is -0.490. The van der Waals surface area contributed by atoms with Crippen molar-refractivity contribution < 1.29 is 18.6 Å². The van der Waals surface area contributed by atoms with Gasteiger partial charge in [-0.1, -0.05) is 6.07 Å². The van der Waals surface area contributed by atoms with Gasteiger partial charge in [0, 0.05) is 12.8 Å². The Kier molecular flexibility index (Phi) is 4.40. The summed E-state index contributed by atoms with van der Waals surface area (Å²) >= 11 is 3.19. The van der Waals surface area contributed by atoms with Gasteiger partial charge >= 0.3 is 0 Å². The molecular weight excluding hydrogens is 327 g/mol. The van der Waals surface area contributed by atoms with Crippen LogP contribution in [0, 0.1) is 5.82 Å². The Labute approximate surface area is 126 Å². The molecule has 20 heavy (non-hydrogen) atoms. The van der Waals surface area contributed by atoms with Gasteiger partial charge in [0.25, 0.3) is 0 Å². The van der Waals surface area contributed by atoms with E-state index in [1.54, 1.807) is 12.1 Å². The minimum Gasteiger partial charge on any atom is -0.374 e. The van der Waals surface area contributed by atoms with Crippen molar-refractivity contribution in [2.75, 3.05) is 13.2 Å². The molecular formula is C15H18BrFO3. The fourth-order valence-corrected chi connectivity index (χ4v) is 3.25. The Morgan fingerprint density at radius 1 is 1.25 bits per heavy atom. The summed E-state index contributed by atoms with van der Waals surface area (Å²) in [6.45, 7) is 1.92. The number of halogens is 2. The second kappa shape index (κ2) is 6.10. The summed E-state index contributed by atoms with van der Waals surface area (Å²) in [5.41, 5.74) is 0.979. The molecule has 2 aliphatic rings. The van der Waals surface area contributed by atoms with Crippen LogP contribution in [0.4, 0.5) is 4.39 Å². The maximum absolute atomic E-state index is 13.1. The van der Waals surface area contributed by atoms with E-state index in [9.17, 15) is 4.39 Å². The quantitative estimate of drug-likeness (QED) is 0.834. The standard InChI is InChI=1S/C15H18BrFO3/c16-13-9-11(1-2-14(13)17)10-18-12-3-5-15(6-4-12)19-7-8-20-15/h1-2,9,12H,3-8,10H2. The zero-order valence-electron chi connectivity index (χ0n) is 11.2. The summed E-state index contributed by atoms with van der Waals surface area (Å²) in [5, 5.41) is 0. The van der Waals surface area contributed by atoms with Crippen molar-refractivity contribution in [1.29, 1.82) is 0 Å². The lowest BCUT2D eigenvalue weighted by molar-refractivity contribution is -0.192. The van der Waals surface area contributed by atoms with Crippen molar-refractivity contribution in [2.45, 2.75) is 44.2 Å². The van der Waals surface area contributed by atoms with E-state index in [1.165, 1.54) is 6.07 Å². The fraction of sp³-hybridized carbons (Fsp3) is 0.600. The van der Waals surface area contributed by atoms with Crippen LogP contribution >= 0.6 is 15.9 Å². The molecule has 3 nitrogen and oxygen atoms in total. The summed E-state index contributed by atoms with van der Waals surface area (Å²) in [6, 6.07) is 4.98. The Bertz CT molecular complexity index is 464. The number of rotatable bonds is 3. The topological polar surface area (TPSA) is 27.7 Å². The van der Waals surface area contributed by atoms with Gasteiger partial charge in [-0.2, -0.15) is 0 Å². The molecule has 3 rings (SSSR count). The molecule has 0 N–H and O–H groups in total. The van der Waals surface area contributed by atoms with E-state index in [0.717, 1.165) is 31.2 Å². The minimum absolute atomic E-state index is 0.234. The maximum atomic E-state index is 13.1. The highest BCUT2D eigenvalue weighted by molar-refractivity contribution is 9.10. The molecule has 1 saturated heterocycles. The molecule has 0 aromatic heterocycles. The van der Waals surface area contributed by atoms with Gasteiger partial charge < -0.3 is 14.2 Å². The highest BCUT2D eigenvalue weighted by atomic mass is 79.9. The van der Waals surface area contributed by atoms with Gasteiger partial charge in [0.2, 0.25) is 0 Å². The van der Waals surface area contributed by atoms with E-state index in [2.05, 4.69) is 15.9 Å². The van der Waals surface area contributed by atoms with Gasteiger partial charge in [0.15, 0.2) is 5.79 Å². The molecule has 1 aliphatic heterocycles. The van der Waals surface area contributed by atoms with Gasteiger partial charge in [-0.15, -0.1) is 0 Å². The predicted octanol–water partition coefficient (Wildman–Crippen LogP) is 3.79. The molecule has 5 heteroatoms. The van der Waals surface area contributed by atoms with Gasteiger partial charge in [-0.25, -0.2) is 4.39 Å². The van der Waals surface area contributed by atoms with Crippen LogP contribution in [0.2, 0.25) is 0 Å². The van der Waals surface area contributed by atoms with Crippen LogP contribution in [-0.4, -0.2) is 25.1 Å². The fourth-order valence-electron chi connectivity index (χ4n) is 2.83. The van der Waals surface area contributed by atoms with Crippen molar-refractivity contribution in [1.82, 2.24) is 0 Å². The SMILES string of the molecule is Fc1ccc(COC2CCC3(CC2)OCCO3)cc1Br. The van der Waals surface area contributed by atoms with Crippen LogP contribution in [0.3, 0.4) is 0 Å². The first-order valence-corrected chi connectivity index (χ1v) is 7.80. The van der Waals surface area contributed by atoms with Gasteiger partial charge in [-0.05, 0) is 46.5 Å². The molecule has 110 valence electrons. The molecule has 0 unspecified atom stereocenters. The highest BCUT2D eigenvalue weighted by Gasteiger charge is 2.40. The van der Waals surface area contributed by atoms with Crippen molar-refractivity contribution >= 4 is 15.9 Å². The third-order valence-electron chi connectivity index (χ3n) is 3.98. The van der Waals surface area contributed by atoms with Crippen LogP contribution in [0.1, 0.15) is 31.2 Å². The first-order chi connectivity index (χ1) is 9.67. The first kappa shape index (κ1) is 14.4. The Balaban J connectivity index is 1.49. The van der Waals surface area contributed by atoms with E-state index in [-0.39, 0.29) is 17.7 Å². The average molecular weight is 345 g/mol. The molecule has 1 spiro atoms. The zero-order chi connectivity index (χ0) is 14.0. The Morgan fingerprint density at radius 2 is 1.95 bits per heavy atom. The third-order valence-corrected chi connectivity index (χ3v) is 4.59. The molecule has 1 aliphatic carbocycles. The molecule has 1 aromatic carbocycles. The highest BCUT2D eigenvalue weighted by Crippen LogP contribution is 2.36. The summed E-state index contributed by atoms with van der Waals surface area (Å²) in [4.78, 5) is 0. The van der Waals surface area contributed by atoms with E-state index in [0.29, 0.717) is 24.3 Å². The van der Waals surface area contributed by atoms with Crippen LogP contribution in [0.15, 0.2) is 22.7 Å². The number of ether oxygens (including phenoxy) is 3. The van der Waals surface area contributed by atoms with E-state index in [1.807, 2.05) is 0 Å².